The average molecular weight is 651 g/mol. The molecule has 1 N–H and O–H groups in total. The number of hydrogen-bond acceptors (Lipinski definition) is 4. The SMILES string of the molecule is CS(=O)(=O)N(CC(=O)N(Cc1c(Cl)cccc1Cl)[C@@H](Cc1ccccc1)C(=O)NC1CCCCC1)c1ccccc1Cl. The van der Waals surface area contributed by atoms with E-state index in [0.717, 1.165) is 48.2 Å². The second kappa shape index (κ2) is 14.6. The number of halogens is 3. The van der Waals surface area contributed by atoms with Crippen molar-refractivity contribution in [3.8, 4) is 0 Å². The van der Waals surface area contributed by atoms with Crippen LogP contribution in [0.1, 0.15) is 43.2 Å². The van der Waals surface area contributed by atoms with E-state index in [9.17, 15) is 18.0 Å². The van der Waals surface area contributed by atoms with Gasteiger partial charge in [0.1, 0.15) is 12.6 Å². The first kappa shape index (κ1) is 32.1. The number of nitrogens with zero attached hydrogens (tertiary/aromatic N) is 2. The molecule has 0 bridgehead atoms. The van der Waals surface area contributed by atoms with Gasteiger partial charge in [0.2, 0.25) is 21.8 Å². The van der Waals surface area contributed by atoms with Gasteiger partial charge in [-0.1, -0.05) is 103 Å². The highest BCUT2D eigenvalue weighted by Crippen LogP contribution is 2.30. The number of rotatable bonds is 11. The molecule has 3 aromatic carbocycles. The highest BCUT2D eigenvalue weighted by atomic mass is 35.5. The van der Waals surface area contributed by atoms with Crippen LogP contribution in [0, 0.1) is 0 Å². The Morgan fingerprint density at radius 2 is 1.45 bits per heavy atom. The number of benzene rings is 3. The minimum Gasteiger partial charge on any atom is -0.352 e. The first-order valence-electron chi connectivity index (χ1n) is 13.8. The van der Waals surface area contributed by atoms with E-state index in [-0.39, 0.29) is 35.6 Å². The van der Waals surface area contributed by atoms with Crippen molar-refractivity contribution in [1.29, 1.82) is 0 Å². The third-order valence-electron chi connectivity index (χ3n) is 7.41. The van der Waals surface area contributed by atoms with Crippen molar-refractivity contribution in [3.05, 3.63) is 99.0 Å². The number of carbonyl (C=O) groups is 2. The van der Waals surface area contributed by atoms with Crippen LogP contribution < -0.4 is 9.62 Å². The molecular formula is C31H34Cl3N3O4S. The fourth-order valence-electron chi connectivity index (χ4n) is 5.20. The number of carbonyl (C=O) groups excluding carboxylic acids is 2. The van der Waals surface area contributed by atoms with Crippen molar-refractivity contribution < 1.29 is 18.0 Å². The van der Waals surface area contributed by atoms with Gasteiger partial charge in [-0.05, 0) is 42.7 Å². The highest BCUT2D eigenvalue weighted by molar-refractivity contribution is 7.92. The number of anilines is 1. The molecule has 7 nitrogen and oxygen atoms in total. The zero-order chi connectivity index (χ0) is 30.3. The zero-order valence-electron chi connectivity index (χ0n) is 23.3. The second-order valence-corrected chi connectivity index (χ2v) is 13.6. The molecule has 0 spiro atoms. The van der Waals surface area contributed by atoms with E-state index in [4.69, 9.17) is 34.8 Å². The van der Waals surface area contributed by atoms with Crippen LogP contribution in [-0.2, 0) is 32.6 Å². The van der Waals surface area contributed by atoms with E-state index < -0.39 is 28.5 Å². The standard InChI is InChI=1S/C31H34Cl3N3O4S/c1-42(40,41)37(28-18-9-8-15-27(28)34)21-30(38)36(20-24-25(32)16-10-17-26(24)33)29(19-22-11-4-2-5-12-22)31(39)35-23-13-6-3-7-14-23/h2,4-5,8-12,15-18,23,29H,3,6-7,13-14,19-21H2,1H3,(H,35,39)/t29-/m0/s1. The predicted octanol–water partition coefficient (Wildman–Crippen LogP) is 6.50. The zero-order valence-corrected chi connectivity index (χ0v) is 26.4. The van der Waals surface area contributed by atoms with Crippen molar-refractivity contribution in [3.63, 3.8) is 0 Å². The summed E-state index contributed by atoms with van der Waals surface area (Å²) in [5.74, 6) is -0.915. The van der Waals surface area contributed by atoms with Gasteiger partial charge in [0, 0.05) is 34.6 Å². The molecule has 0 aliphatic heterocycles. The summed E-state index contributed by atoms with van der Waals surface area (Å²) in [6, 6.07) is 19.8. The molecule has 2 amide bonds. The van der Waals surface area contributed by atoms with Crippen LogP contribution in [0.3, 0.4) is 0 Å². The molecule has 1 saturated carbocycles. The summed E-state index contributed by atoms with van der Waals surface area (Å²) in [5.41, 5.74) is 1.47. The molecule has 0 heterocycles. The molecule has 1 fully saturated rings. The Morgan fingerprint density at radius 3 is 2.07 bits per heavy atom. The van der Waals surface area contributed by atoms with Crippen molar-refractivity contribution in [1.82, 2.24) is 10.2 Å². The molecule has 3 aromatic rings. The Balaban J connectivity index is 1.76. The third-order valence-corrected chi connectivity index (χ3v) is 9.57. The number of amides is 2. The molecule has 0 aromatic heterocycles. The average Bonchev–Trinajstić information content (AvgIpc) is 2.96. The Kier molecular flexibility index (Phi) is 11.2. The maximum Gasteiger partial charge on any atom is 0.244 e. The van der Waals surface area contributed by atoms with E-state index in [2.05, 4.69) is 5.32 Å². The largest absolute Gasteiger partial charge is 0.352 e. The number of nitrogens with one attached hydrogen (secondary N) is 1. The van der Waals surface area contributed by atoms with E-state index in [1.807, 2.05) is 30.3 Å². The van der Waals surface area contributed by atoms with Crippen LogP contribution in [0.4, 0.5) is 5.69 Å². The molecular weight excluding hydrogens is 617 g/mol. The Hall–Kier alpha value is -2.78. The lowest BCUT2D eigenvalue weighted by atomic mass is 9.94. The lowest BCUT2D eigenvalue weighted by Crippen LogP contribution is -2.55. The minimum absolute atomic E-state index is 0.000944. The highest BCUT2D eigenvalue weighted by Gasteiger charge is 2.35. The summed E-state index contributed by atoms with van der Waals surface area (Å²) in [6.07, 6.45) is 6.11. The van der Waals surface area contributed by atoms with Gasteiger partial charge in [0.05, 0.1) is 17.0 Å². The van der Waals surface area contributed by atoms with Gasteiger partial charge in [-0.15, -0.1) is 0 Å². The monoisotopic (exact) mass is 649 g/mol. The van der Waals surface area contributed by atoms with Crippen LogP contribution in [0.2, 0.25) is 15.1 Å². The van der Waals surface area contributed by atoms with Gasteiger partial charge in [0.25, 0.3) is 0 Å². The van der Waals surface area contributed by atoms with Gasteiger partial charge in [-0.25, -0.2) is 8.42 Å². The summed E-state index contributed by atoms with van der Waals surface area (Å²) < 4.78 is 26.8. The van der Waals surface area contributed by atoms with Crippen molar-refractivity contribution >= 4 is 62.3 Å². The smallest absolute Gasteiger partial charge is 0.244 e. The van der Waals surface area contributed by atoms with Gasteiger partial charge in [-0.3, -0.25) is 13.9 Å². The summed E-state index contributed by atoms with van der Waals surface area (Å²) >= 11 is 19.4. The topological polar surface area (TPSA) is 86.8 Å². The van der Waals surface area contributed by atoms with Crippen molar-refractivity contribution in [2.24, 2.45) is 0 Å². The normalized spacial score (nSPS) is 14.7. The first-order valence-corrected chi connectivity index (χ1v) is 16.8. The summed E-state index contributed by atoms with van der Waals surface area (Å²) in [4.78, 5) is 29.6. The Labute approximate surface area is 262 Å². The molecule has 224 valence electrons. The lowest BCUT2D eigenvalue weighted by Gasteiger charge is -2.35. The molecule has 0 saturated heterocycles. The maximum absolute atomic E-state index is 14.3. The van der Waals surface area contributed by atoms with Crippen molar-refractivity contribution in [2.75, 3.05) is 17.1 Å². The van der Waals surface area contributed by atoms with Crippen LogP contribution >= 0.6 is 34.8 Å². The molecule has 1 aliphatic carbocycles. The molecule has 1 aliphatic rings. The molecule has 4 rings (SSSR count). The Bertz CT molecular complexity index is 1480. The maximum atomic E-state index is 14.3. The van der Waals surface area contributed by atoms with Gasteiger partial charge < -0.3 is 10.2 Å². The molecule has 0 unspecified atom stereocenters. The molecule has 42 heavy (non-hydrogen) atoms. The van der Waals surface area contributed by atoms with Crippen LogP contribution in [-0.4, -0.2) is 50.0 Å². The van der Waals surface area contributed by atoms with Gasteiger partial charge >= 0.3 is 0 Å². The summed E-state index contributed by atoms with van der Waals surface area (Å²) in [5, 5.41) is 4.00. The fourth-order valence-corrected chi connectivity index (χ4v) is 6.87. The van der Waals surface area contributed by atoms with Crippen molar-refractivity contribution in [2.45, 2.75) is 57.2 Å². The van der Waals surface area contributed by atoms with E-state index in [1.165, 1.54) is 11.0 Å². The summed E-state index contributed by atoms with van der Waals surface area (Å²) in [6.45, 7) is -0.681. The predicted molar refractivity (Wildman–Crippen MR) is 170 cm³/mol. The Morgan fingerprint density at radius 1 is 0.857 bits per heavy atom. The van der Waals surface area contributed by atoms with E-state index in [0.29, 0.717) is 15.6 Å². The number of sulfonamides is 1. The number of hydrogen-bond donors (Lipinski definition) is 1. The van der Waals surface area contributed by atoms with E-state index in [1.54, 1.807) is 36.4 Å². The van der Waals surface area contributed by atoms with Crippen LogP contribution in [0.25, 0.3) is 0 Å². The van der Waals surface area contributed by atoms with Crippen LogP contribution in [0.5, 0.6) is 0 Å². The number of para-hydroxylation sites is 1. The molecule has 11 heteroatoms. The second-order valence-electron chi connectivity index (χ2n) is 10.5. The summed E-state index contributed by atoms with van der Waals surface area (Å²) in [7, 11) is -3.94. The molecule has 1 atom stereocenters. The quantitative estimate of drug-likeness (QED) is 0.257. The van der Waals surface area contributed by atoms with E-state index >= 15 is 0 Å². The molecule has 0 radical (unpaired) electrons. The van der Waals surface area contributed by atoms with Gasteiger partial charge in [0.15, 0.2) is 0 Å². The third kappa shape index (κ3) is 8.40. The fraction of sp³-hybridized carbons (Fsp3) is 0.355. The van der Waals surface area contributed by atoms with Crippen LogP contribution in [0.15, 0.2) is 72.8 Å². The minimum atomic E-state index is -3.94. The lowest BCUT2D eigenvalue weighted by molar-refractivity contribution is -0.140. The van der Waals surface area contributed by atoms with Gasteiger partial charge in [-0.2, -0.15) is 0 Å². The first-order chi connectivity index (χ1) is 20.0.